The summed E-state index contributed by atoms with van der Waals surface area (Å²) in [5.41, 5.74) is 0.754. The zero-order chi connectivity index (χ0) is 16.6. The molecule has 8 heteroatoms. The van der Waals surface area contributed by atoms with Crippen molar-refractivity contribution in [2.45, 2.75) is 19.4 Å². The fourth-order valence-electron chi connectivity index (χ4n) is 2.55. The highest BCUT2D eigenvalue weighted by molar-refractivity contribution is 6.30. The number of carbonyl (C=O) groups is 1. The number of anilines is 2. The Bertz CT molecular complexity index is 820. The zero-order valence-corrected chi connectivity index (χ0v) is 13.6. The van der Waals surface area contributed by atoms with Crippen molar-refractivity contribution in [2.75, 3.05) is 24.3 Å². The summed E-state index contributed by atoms with van der Waals surface area (Å²) in [5.74, 6) is 1.34. The molecule has 0 saturated heterocycles. The fourth-order valence-corrected chi connectivity index (χ4v) is 2.75. The quantitative estimate of drug-likeness (QED) is 0.870. The van der Waals surface area contributed by atoms with Gasteiger partial charge in [-0.15, -0.1) is 0 Å². The number of nitrogens with one attached hydrogen (secondary N) is 1. The highest BCUT2D eigenvalue weighted by atomic mass is 35.5. The van der Waals surface area contributed by atoms with Gasteiger partial charge in [0.05, 0.1) is 0 Å². The van der Waals surface area contributed by atoms with Crippen molar-refractivity contribution in [1.82, 2.24) is 14.5 Å². The number of nitrogens with zero attached hydrogens (tertiary/aromatic N) is 5. The van der Waals surface area contributed by atoms with Gasteiger partial charge in [0.25, 0.3) is 5.91 Å². The van der Waals surface area contributed by atoms with Crippen LogP contribution in [0.15, 0.2) is 12.1 Å². The molecule has 3 heterocycles. The number of halogens is 1. The number of imidazole rings is 1. The van der Waals surface area contributed by atoms with Gasteiger partial charge in [-0.3, -0.25) is 4.79 Å². The number of rotatable bonds is 3. The van der Waals surface area contributed by atoms with Gasteiger partial charge in [0.15, 0.2) is 11.5 Å². The van der Waals surface area contributed by atoms with Crippen LogP contribution in [-0.4, -0.2) is 34.5 Å². The van der Waals surface area contributed by atoms with Crippen molar-refractivity contribution in [2.24, 2.45) is 0 Å². The normalized spacial score (nSPS) is 12.6. The molecule has 23 heavy (non-hydrogen) atoms. The third kappa shape index (κ3) is 2.85. The minimum absolute atomic E-state index is 0.231. The number of nitriles is 1. The predicted octanol–water partition coefficient (Wildman–Crippen LogP) is 2.07. The Morgan fingerprint density at radius 3 is 2.91 bits per heavy atom. The molecule has 0 spiro atoms. The Morgan fingerprint density at radius 2 is 2.22 bits per heavy atom. The van der Waals surface area contributed by atoms with Crippen LogP contribution < -0.4 is 10.2 Å². The Balaban J connectivity index is 1.90. The van der Waals surface area contributed by atoms with E-state index in [2.05, 4.69) is 21.4 Å². The summed E-state index contributed by atoms with van der Waals surface area (Å²) in [5, 5.41) is 12.2. The number of amides is 1. The maximum atomic E-state index is 12.5. The van der Waals surface area contributed by atoms with Gasteiger partial charge in [-0.2, -0.15) is 5.26 Å². The van der Waals surface area contributed by atoms with E-state index in [0.717, 1.165) is 25.2 Å². The Labute approximate surface area is 138 Å². The number of pyridine rings is 1. The van der Waals surface area contributed by atoms with E-state index in [1.54, 1.807) is 11.0 Å². The lowest BCUT2D eigenvalue weighted by Gasteiger charge is -2.13. The van der Waals surface area contributed by atoms with Gasteiger partial charge in [0, 0.05) is 32.6 Å². The van der Waals surface area contributed by atoms with E-state index >= 15 is 0 Å². The summed E-state index contributed by atoms with van der Waals surface area (Å²) in [7, 11) is 3.63. The van der Waals surface area contributed by atoms with Crippen LogP contribution in [0.3, 0.4) is 0 Å². The number of hydrogen-bond acceptors (Lipinski definition) is 5. The lowest BCUT2D eigenvalue weighted by molar-refractivity contribution is 0.102. The summed E-state index contributed by atoms with van der Waals surface area (Å²) in [6.07, 6.45) is 1.79. The van der Waals surface area contributed by atoms with Crippen LogP contribution in [0.2, 0.25) is 5.15 Å². The molecular formula is C15H15ClN6O. The number of aromatic nitrogens is 3. The smallest absolute Gasteiger partial charge is 0.257 e. The molecule has 2 aromatic rings. The molecule has 0 saturated carbocycles. The van der Waals surface area contributed by atoms with Crippen LogP contribution in [0.1, 0.15) is 28.3 Å². The maximum Gasteiger partial charge on any atom is 0.257 e. The van der Waals surface area contributed by atoms with E-state index in [0.29, 0.717) is 22.9 Å². The maximum absolute atomic E-state index is 12.5. The molecule has 118 valence electrons. The Morgan fingerprint density at radius 1 is 1.43 bits per heavy atom. The standard InChI is InChI=1S/C15H15ClN6O/c1-21(2)13-7-9(6-11(16)18-13)15(23)20-14-10(8-17)22-5-3-4-12(22)19-14/h6-7H,3-5H2,1-2H3,(H,20,23). The van der Waals surface area contributed by atoms with E-state index in [-0.39, 0.29) is 11.1 Å². The summed E-state index contributed by atoms with van der Waals surface area (Å²) >= 11 is 5.97. The Kier molecular flexibility index (Phi) is 3.92. The van der Waals surface area contributed by atoms with Gasteiger partial charge in [-0.1, -0.05) is 11.6 Å². The SMILES string of the molecule is CN(C)c1cc(C(=O)Nc2nc3n(c2C#N)CCC3)cc(Cl)n1. The van der Waals surface area contributed by atoms with Gasteiger partial charge in [0.2, 0.25) is 0 Å². The van der Waals surface area contributed by atoms with Crippen molar-refractivity contribution >= 4 is 29.1 Å². The molecule has 1 aliphatic heterocycles. The second-order valence-corrected chi connectivity index (χ2v) is 5.86. The van der Waals surface area contributed by atoms with E-state index < -0.39 is 0 Å². The van der Waals surface area contributed by atoms with Crippen LogP contribution in [0.4, 0.5) is 11.6 Å². The lowest BCUT2D eigenvalue weighted by Crippen LogP contribution is -2.16. The number of carbonyl (C=O) groups excluding carboxylic acids is 1. The van der Waals surface area contributed by atoms with Crippen LogP contribution >= 0.6 is 11.6 Å². The van der Waals surface area contributed by atoms with Gasteiger partial charge >= 0.3 is 0 Å². The molecule has 0 fully saturated rings. The van der Waals surface area contributed by atoms with Crippen molar-refractivity contribution in [1.29, 1.82) is 5.26 Å². The molecule has 3 rings (SSSR count). The topological polar surface area (TPSA) is 86.8 Å². The number of aryl methyl sites for hydroxylation is 1. The molecule has 1 N–H and O–H groups in total. The second kappa shape index (κ2) is 5.89. The largest absolute Gasteiger partial charge is 0.363 e. The van der Waals surface area contributed by atoms with Crippen molar-refractivity contribution < 1.29 is 4.79 Å². The molecule has 0 unspecified atom stereocenters. The summed E-state index contributed by atoms with van der Waals surface area (Å²) in [6.45, 7) is 0.757. The third-order valence-electron chi connectivity index (χ3n) is 3.67. The Hall–Kier alpha value is -2.59. The van der Waals surface area contributed by atoms with Gasteiger partial charge in [-0.05, 0) is 18.6 Å². The zero-order valence-electron chi connectivity index (χ0n) is 12.8. The van der Waals surface area contributed by atoms with E-state index in [4.69, 9.17) is 11.6 Å². The van der Waals surface area contributed by atoms with Crippen LogP contribution in [0, 0.1) is 11.3 Å². The average molecular weight is 331 g/mol. The van der Waals surface area contributed by atoms with Gasteiger partial charge < -0.3 is 14.8 Å². The van der Waals surface area contributed by atoms with Crippen LogP contribution in [0.5, 0.6) is 0 Å². The molecule has 7 nitrogen and oxygen atoms in total. The van der Waals surface area contributed by atoms with Crippen molar-refractivity contribution in [3.8, 4) is 6.07 Å². The molecule has 0 atom stereocenters. The summed E-state index contributed by atoms with van der Waals surface area (Å²) < 4.78 is 1.85. The third-order valence-corrected chi connectivity index (χ3v) is 3.86. The minimum atomic E-state index is -0.370. The minimum Gasteiger partial charge on any atom is -0.363 e. The van der Waals surface area contributed by atoms with Crippen LogP contribution in [-0.2, 0) is 13.0 Å². The number of fused-ring (bicyclic) bond motifs is 1. The molecule has 0 aliphatic carbocycles. The van der Waals surface area contributed by atoms with Crippen molar-refractivity contribution in [3.63, 3.8) is 0 Å². The molecule has 1 amide bonds. The van der Waals surface area contributed by atoms with Gasteiger partial charge in [0.1, 0.15) is 22.9 Å². The monoisotopic (exact) mass is 330 g/mol. The lowest BCUT2D eigenvalue weighted by atomic mass is 10.2. The molecule has 2 aromatic heterocycles. The van der Waals surface area contributed by atoms with Crippen molar-refractivity contribution in [3.05, 3.63) is 34.4 Å². The first-order chi connectivity index (χ1) is 11.0. The van der Waals surface area contributed by atoms with E-state index in [1.807, 2.05) is 18.7 Å². The number of hydrogen-bond donors (Lipinski definition) is 1. The second-order valence-electron chi connectivity index (χ2n) is 5.48. The molecule has 0 bridgehead atoms. The van der Waals surface area contributed by atoms with Gasteiger partial charge in [-0.25, -0.2) is 9.97 Å². The molecule has 1 aliphatic rings. The van der Waals surface area contributed by atoms with E-state index in [9.17, 15) is 10.1 Å². The molecule has 0 aromatic carbocycles. The average Bonchev–Trinajstić information content (AvgIpc) is 3.06. The first-order valence-corrected chi connectivity index (χ1v) is 7.53. The fraction of sp³-hybridized carbons (Fsp3) is 0.333. The predicted molar refractivity (Wildman–Crippen MR) is 86.8 cm³/mol. The first-order valence-electron chi connectivity index (χ1n) is 7.15. The summed E-state index contributed by atoms with van der Waals surface area (Å²) in [4.78, 5) is 22.7. The van der Waals surface area contributed by atoms with E-state index in [1.165, 1.54) is 6.07 Å². The highest BCUT2D eigenvalue weighted by Gasteiger charge is 2.22. The molecular weight excluding hydrogens is 316 g/mol. The first kappa shape index (κ1) is 15.3. The van der Waals surface area contributed by atoms with Crippen LogP contribution in [0.25, 0.3) is 0 Å². The summed E-state index contributed by atoms with van der Waals surface area (Å²) in [6, 6.07) is 5.23. The highest BCUT2D eigenvalue weighted by Crippen LogP contribution is 2.24. The molecule has 0 radical (unpaired) electrons.